The average molecular weight is 617 g/mol. The Morgan fingerprint density at radius 3 is 2.53 bits per heavy atom. The van der Waals surface area contributed by atoms with E-state index in [0.717, 1.165) is 27.3 Å². The SMILES string of the molecule is CCOc1cc(/C=C2/SC(=O)N(CCCc3ccccc3)C2=O)cc(I)c1OCc1cccc(F)c1. The van der Waals surface area contributed by atoms with Crippen LogP contribution in [-0.4, -0.2) is 29.2 Å². The zero-order valence-electron chi connectivity index (χ0n) is 19.7. The molecule has 0 aromatic heterocycles. The van der Waals surface area contributed by atoms with E-state index in [4.69, 9.17) is 9.47 Å². The number of carbonyl (C=O) groups is 2. The van der Waals surface area contributed by atoms with Gasteiger partial charge in [-0.15, -0.1) is 0 Å². The molecule has 3 aromatic rings. The molecule has 0 spiro atoms. The Balaban J connectivity index is 1.47. The molecule has 1 aliphatic heterocycles. The molecule has 0 radical (unpaired) electrons. The van der Waals surface area contributed by atoms with Crippen LogP contribution in [-0.2, 0) is 17.8 Å². The van der Waals surface area contributed by atoms with Crippen molar-refractivity contribution < 1.29 is 23.5 Å². The number of nitrogens with zero attached hydrogens (tertiary/aromatic N) is 1. The Hall–Kier alpha value is -2.85. The highest BCUT2D eigenvalue weighted by Crippen LogP contribution is 2.38. The second-order valence-electron chi connectivity index (χ2n) is 8.10. The lowest BCUT2D eigenvalue weighted by molar-refractivity contribution is -0.122. The number of benzene rings is 3. The number of hydrogen-bond donors (Lipinski definition) is 0. The highest BCUT2D eigenvalue weighted by molar-refractivity contribution is 14.1. The van der Waals surface area contributed by atoms with Crippen molar-refractivity contribution >= 4 is 51.6 Å². The molecule has 0 saturated carbocycles. The van der Waals surface area contributed by atoms with Gasteiger partial charge in [0.25, 0.3) is 11.1 Å². The Morgan fingerprint density at radius 2 is 1.78 bits per heavy atom. The zero-order chi connectivity index (χ0) is 25.5. The van der Waals surface area contributed by atoms with Gasteiger partial charge in [-0.2, -0.15) is 0 Å². The van der Waals surface area contributed by atoms with Crippen molar-refractivity contribution in [2.45, 2.75) is 26.4 Å². The number of ether oxygens (including phenoxy) is 2. The highest BCUT2D eigenvalue weighted by atomic mass is 127. The van der Waals surface area contributed by atoms with Gasteiger partial charge in [0.15, 0.2) is 11.5 Å². The standard InChI is InChI=1S/C28H25FINO4S/c1-2-34-24-16-21(15-23(30)26(24)35-18-20-10-6-12-22(29)14-20)17-25-27(32)31(28(33)36-25)13-7-11-19-8-4-3-5-9-19/h3-6,8-10,12,14-17H,2,7,11,13,18H2,1H3/b25-17+. The van der Waals surface area contributed by atoms with Gasteiger partial charge in [-0.3, -0.25) is 14.5 Å². The fourth-order valence-electron chi connectivity index (χ4n) is 3.79. The van der Waals surface area contributed by atoms with E-state index in [1.807, 2.05) is 43.3 Å². The first-order valence-electron chi connectivity index (χ1n) is 11.6. The molecular formula is C28H25FINO4S. The molecule has 2 amide bonds. The molecule has 0 N–H and O–H groups in total. The van der Waals surface area contributed by atoms with Crippen LogP contribution in [0.1, 0.15) is 30.0 Å². The van der Waals surface area contributed by atoms with Crippen LogP contribution in [0.5, 0.6) is 11.5 Å². The van der Waals surface area contributed by atoms with Crippen LogP contribution in [0.2, 0.25) is 0 Å². The maximum absolute atomic E-state index is 13.5. The van der Waals surface area contributed by atoms with Crippen LogP contribution in [0.4, 0.5) is 9.18 Å². The first-order valence-corrected chi connectivity index (χ1v) is 13.5. The molecule has 1 fully saturated rings. The average Bonchev–Trinajstić information content (AvgIpc) is 3.12. The van der Waals surface area contributed by atoms with Crippen molar-refractivity contribution in [1.29, 1.82) is 0 Å². The van der Waals surface area contributed by atoms with Crippen LogP contribution < -0.4 is 9.47 Å². The van der Waals surface area contributed by atoms with E-state index in [2.05, 4.69) is 22.6 Å². The van der Waals surface area contributed by atoms with Crippen LogP contribution in [0.15, 0.2) is 71.6 Å². The number of aryl methyl sites for hydroxylation is 1. The number of halogens is 2. The summed E-state index contributed by atoms with van der Waals surface area (Å²) in [5, 5.41) is -0.255. The van der Waals surface area contributed by atoms with E-state index in [9.17, 15) is 14.0 Å². The smallest absolute Gasteiger partial charge is 0.293 e. The Labute approximate surface area is 227 Å². The second-order valence-corrected chi connectivity index (χ2v) is 10.3. The third-order valence-corrected chi connectivity index (χ3v) is 7.17. The van der Waals surface area contributed by atoms with Crippen LogP contribution in [0, 0.1) is 9.39 Å². The fourth-order valence-corrected chi connectivity index (χ4v) is 5.43. The third-order valence-electron chi connectivity index (χ3n) is 5.47. The van der Waals surface area contributed by atoms with E-state index in [1.54, 1.807) is 24.3 Å². The summed E-state index contributed by atoms with van der Waals surface area (Å²) in [5.74, 6) is 0.472. The van der Waals surface area contributed by atoms with Gasteiger partial charge in [0.1, 0.15) is 12.4 Å². The maximum Gasteiger partial charge on any atom is 0.293 e. The molecule has 186 valence electrons. The molecule has 1 aliphatic rings. The Kier molecular flexibility index (Phi) is 9.03. The number of carbonyl (C=O) groups excluding carboxylic acids is 2. The monoisotopic (exact) mass is 617 g/mol. The van der Waals surface area contributed by atoms with Crippen LogP contribution in [0.25, 0.3) is 6.08 Å². The van der Waals surface area contributed by atoms with Gasteiger partial charge in [-0.1, -0.05) is 42.5 Å². The summed E-state index contributed by atoms with van der Waals surface area (Å²) >= 11 is 3.10. The molecule has 1 heterocycles. The van der Waals surface area contributed by atoms with Gasteiger partial charge in [0.05, 0.1) is 15.1 Å². The summed E-state index contributed by atoms with van der Waals surface area (Å²) in [6.07, 6.45) is 3.22. The van der Waals surface area contributed by atoms with Crippen molar-refractivity contribution in [3.63, 3.8) is 0 Å². The molecular weight excluding hydrogens is 592 g/mol. The molecule has 0 atom stereocenters. The Morgan fingerprint density at radius 1 is 1.00 bits per heavy atom. The van der Waals surface area contributed by atoms with Crippen molar-refractivity contribution in [2.24, 2.45) is 0 Å². The molecule has 3 aromatic carbocycles. The lowest BCUT2D eigenvalue weighted by Crippen LogP contribution is -2.29. The number of thioether (sulfide) groups is 1. The van der Waals surface area contributed by atoms with E-state index in [0.29, 0.717) is 41.5 Å². The summed E-state index contributed by atoms with van der Waals surface area (Å²) in [6.45, 7) is 2.87. The van der Waals surface area contributed by atoms with Crippen molar-refractivity contribution in [3.05, 3.63) is 97.7 Å². The molecule has 36 heavy (non-hydrogen) atoms. The molecule has 0 bridgehead atoms. The first-order chi connectivity index (χ1) is 17.4. The van der Waals surface area contributed by atoms with Crippen LogP contribution in [0.3, 0.4) is 0 Å². The molecule has 1 saturated heterocycles. The van der Waals surface area contributed by atoms with E-state index in [-0.39, 0.29) is 23.6 Å². The number of rotatable bonds is 10. The summed E-state index contributed by atoms with van der Waals surface area (Å²) in [7, 11) is 0. The van der Waals surface area contributed by atoms with Gasteiger partial charge >= 0.3 is 0 Å². The number of hydrogen-bond acceptors (Lipinski definition) is 5. The Bertz CT molecular complexity index is 1280. The largest absolute Gasteiger partial charge is 0.490 e. The fraction of sp³-hybridized carbons (Fsp3) is 0.214. The molecule has 0 unspecified atom stereocenters. The minimum absolute atomic E-state index is 0.190. The van der Waals surface area contributed by atoms with E-state index < -0.39 is 0 Å². The van der Waals surface area contributed by atoms with Crippen molar-refractivity contribution in [1.82, 2.24) is 4.90 Å². The number of imide groups is 1. The molecule has 0 aliphatic carbocycles. The number of amides is 2. The van der Waals surface area contributed by atoms with Crippen molar-refractivity contribution in [2.75, 3.05) is 13.2 Å². The molecule has 4 rings (SSSR count). The lowest BCUT2D eigenvalue weighted by atomic mass is 10.1. The second kappa shape index (κ2) is 12.4. The first kappa shape index (κ1) is 26.2. The quantitative estimate of drug-likeness (QED) is 0.180. The third kappa shape index (κ3) is 6.67. The van der Waals surface area contributed by atoms with Gasteiger partial charge in [0.2, 0.25) is 0 Å². The van der Waals surface area contributed by atoms with Gasteiger partial charge in [0, 0.05) is 6.54 Å². The summed E-state index contributed by atoms with van der Waals surface area (Å²) in [5.41, 5.74) is 2.62. The maximum atomic E-state index is 13.5. The van der Waals surface area contributed by atoms with Gasteiger partial charge in [-0.05, 0) is 101 Å². The van der Waals surface area contributed by atoms with Gasteiger partial charge < -0.3 is 9.47 Å². The van der Waals surface area contributed by atoms with Crippen molar-refractivity contribution in [3.8, 4) is 11.5 Å². The summed E-state index contributed by atoms with van der Waals surface area (Å²) < 4.78 is 26.1. The summed E-state index contributed by atoms with van der Waals surface area (Å²) in [6, 6.07) is 19.9. The van der Waals surface area contributed by atoms with E-state index >= 15 is 0 Å². The minimum Gasteiger partial charge on any atom is -0.490 e. The minimum atomic E-state index is -0.319. The van der Waals surface area contributed by atoms with E-state index in [1.165, 1.54) is 22.6 Å². The van der Waals surface area contributed by atoms with Gasteiger partial charge in [-0.25, -0.2) is 4.39 Å². The molecule has 8 heteroatoms. The predicted octanol–water partition coefficient (Wildman–Crippen LogP) is 7.08. The predicted molar refractivity (Wildman–Crippen MR) is 148 cm³/mol. The molecule has 5 nitrogen and oxygen atoms in total. The highest BCUT2D eigenvalue weighted by Gasteiger charge is 2.34. The zero-order valence-corrected chi connectivity index (χ0v) is 22.7. The van der Waals surface area contributed by atoms with Crippen LogP contribution >= 0.6 is 34.4 Å². The summed E-state index contributed by atoms with van der Waals surface area (Å²) in [4.78, 5) is 27.1. The topological polar surface area (TPSA) is 55.8 Å². The normalized spacial score (nSPS) is 14.5. The lowest BCUT2D eigenvalue weighted by Gasteiger charge is -2.15.